The molecule has 4 aliphatic rings. The summed E-state index contributed by atoms with van der Waals surface area (Å²) in [7, 11) is 0. The number of alkyl halides is 5. The molecule has 0 aromatic carbocycles. The first kappa shape index (κ1) is 84.5. The molecule has 0 amide bonds. The Morgan fingerprint density at radius 1 is 0.462 bits per heavy atom. The maximum atomic E-state index is 14.6. The number of hydrogen-bond donors (Lipinski definition) is 8. The molecule has 0 radical (unpaired) electrons. The van der Waals surface area contributed by atoms with E-state index in [0.717, 1.165) is 163 Å². The van der Waals surface area contributed by atoms with Crippen LogP contribution in [0, 0.1) is 58.1 Å². The number of nitrogens with two attached hydrogens (primary N) is 4. The fraction of sp³-hybridized carbons (Fsp3) is 0.500. The van der Waals surface area contributed by atoms with E-state index in [1.807, 2.05) is 36.5 Å². The van der Waals surface area contributed by atoms with Gasteiger partial charge in [-0.2, -0.15) is 33.6 Å². The highest BCUT2D eigenvalue weighted by atomic mass is 19.4. The summed E-state index contributed by atoms with van der Waals surface area (Å²) in [5.41, 5.74) is 29.2. The lowest BCUT2D eigenvalue weighted by Crippen LogP contribution is -2.47. The van der Waals surface area contributed by atoms with Crippen molar-refractivity contribution >= 4 is 67.4 Å². The maximum absolute atomic E-state index is 14.6. The van der Waals surface area contributed by atoms with Crippen molar-refractivity contribution in [1.82, 2.24) is 85.6 Å². The van der Waals surface area contributed by atoms with Gasteiger partial charge in [0.1, 0.15) is 46.0 Å². The normalized spacial score (nSPS) is 18.6. The van der Waals surface area contributed by atoms with E-state index < -0.39 is 17.7 Å². The van der Waals surface area contributed by atoms with Crippen LogP contribution in [-0.2, 0) is 12.1 Å². The van der Waals surface area contributed by atoms with Gasteiger partial charge in [-0.15, -0.1) is 0 Å². The summed E-state index contributed by atoms with van der Waals surface area (Å²) in [4.78, 5) is 48.8. The molecule has 16 rings (SSSR count). The Bertz CT molecular complexity index is 5300. The molecule has 12 aromatic heterocycles. The number of pyridine rings is 7. The Balaban J connectivity index is 0.000000836. The van der Waals surface area contributed by atoms with Gasteiger partial charge in [0.25, 0.3) is 5.92 Å². The van der Waals surface area contributed by atoms with Gasteiger partial charge in [0.05, 0.1) is 40.7 Å². The number of nitrogens with one attached hydrogen (secondary N) is 4. The smallest absolute Gasteiger partial charge is 0.357 e. The van der Waals surface area contributed by atoms with E-state index in [1.165, 1.54) is 18.2 Å². The quantitative estimate of drug-likeness (QED) is 0.0310. The Morgan fingerprint density at radius 2 is 0.872 bits per heavy atom. The van der Waals surface area contributed by atoms with Crippen molar-refractivity contribution in [2.24, 2.45) is 75.2 Å². The number of rotatable bonds is 21. The molecule has 25 nitrogen and oxygen atoms in total. The van der Waals surface area contributed by atoms with Crippen LogP contribution < -0.4 is 42.5 Å². The van der Waals surface area contributed by atoms with Crippen molar-refractivity contribution in [1.29, 1.82) is 0 Å². The molecule has 4 fully saturated rings. The van der Waals surface area contributed by atoms with Crippen LogP contribution in [0.1, 0.15) is 161 Å². The number of aromatic amines is 4. The molecule has 16 heterocycles. The maximum Gasteiger partial charge on any atom is 0.418 e. The molecule has 4 aliphatic heterocycles. The van der Waals surface area contributed by atoms with E-state index in [-0.39, 0.29) is 68.1 Å². The Hall–Kier alpha value is -10.4. The number of anilines is 4. The van der Waals surface area contributed by atoms with Gasteiger partial charge in [-0.3, -0.25) is 25.4 Å². The Kier molecular flexibility index (Phi) is 26.5. The van der Waals surface area contributed by atoms with Gasteiger partial charge in [0.2, 0.25) is 0 Å². The van der Waals surface area contributed by atoms with E-state index in [9.17, 15) is 26.3 Å². The molecule has 0 aliphatic carbocycles. The second-order valence-corrected chi connectivity index (χ2v) is 34.0. The minimum Gasteiger partial charge on any atom is -0.357 e. The van der Waals surface area contributed by atoms with Gasteiger partial charge < -0.3 is 42.5 Å². The van der Waals surface area contributed by atoms with E-state index in [1.54, 1.807) is 61.3 Å². The lowest BCUT2D eigenvalue weighted by Gasteiger charge is -2.42. The number of nitrogens with zero attached hydrogens (tertiary/aromatic N) is 17. The number of H-pyrrole nitrogens is 4. The van der Waals surface area contributed by atoms with Crippen molar-refractivity contribution in [2.45, 2.75) is 151 Å². The number of piperidine rings is 4. The standard InChI is InChI=1S/C24H32F2N6.C22H27F3N6.C21H27FN6.C19H25N7.12H2/c1-15(2)13-17-14-32(12-9-16(17)8-10-27)20-7-6-19(24(3,25)26)22(29-20)21-18-5-4-11-28-23(18)31-30-21;1-14(2)12-21(13-26)7-10-31(11-8-21)17-6-5-16(22(23,24)25)19(28-17)18-15-4-3-9-27-20(15)30-29-18;1-14(2)12-21(13-23)7-10-28(11-8-21)17-6-5-16(22)19(25-17)18-15-4-3-9-24-20(15)27-26-18;1-12(2)8-13-11-26(7-5-15(13)20)17-10-21-9-16(23-17)18-14-4-3-6-22-19(14)25-24-18;;;;;;;;;;;;/h4-7,11,15-17H,8-10,12-14,27H2,1-3H3,(H,28,30,31);3-6,9,14H,7-8,10-13,26H2,1-2H3,(H,27,29,30);3-6,9,14H,7-8,10-13,23H2,1-2H3,(H,24,26,27);3-4,6,9-10,12-13,15H,5,7-8,11,20H2,1-2H3,(H,22,24,25);12*1H. The monoisotopic (exact) mass is 1630 g/mol. The molecule has 0 saturated carbocycles. The first-order valence-corrected chi connectivity index (χ1v) is 41.1. The van der Waals surface area contributed by atoms with Crippen LogP contribution >= 0.6 is 0 Å². The summed E-state index contributed by atoms with van der Waals surface area (Å²) < 4.78 is 84.9. The number of halogens is 6. The van der Waals surface area contributed by atoms with E-state index in [4.69, 9.17) is 32.9 Å². The average Bonchev–Trinajstić information content (AvgIpc) is 1.70. The van der Waals surface area contributed by atoms with Gasteiger partial charge in [-0.25, -0.2) is 53.0 Å². The first-order valence-electron chi connectivity index (χ1n) is 41.1. The van der Waals surface area contributed by atoms with Crippen molar-refractivity contribution in [3.63, 3.8) is 0 Å². The molecule has 12 aromatic rings. The van der Waals surface area contributed by atoms with Crippen LogP contribution in [0.2, 0.25) is 0 Å². The highest BCUT2D eigenvalue weighted by molar-refractivity contribution is 5.93. The summed E-state index contributed by atoms with van der Waals surface area (Å²) in [6.07, 6.45) is 17.0. The third kappa shape index (κ3) is 19.8. The molecule has 0 bridgehead atoms. The van der Waals surface area contributed by atoms with Crippen molar-refractivity contribution < 1.29 is 43.5 Å². The zero-order valence-electron chi connectivity index (χ0n) is 68.4. The molecule has 0 spiro atoms. The summed E-state index contributed by atoms with van der Waals surface area (Å²) in [6, 6.07) is 23.9. The summed E-state index contributed by atoms with van der Waals surface area (Å²) >= 11 is 0. The van der Waals surface area contributed by atoms with Crippen LogP contribution in [0.4, 0.5) is 49.6 Å². The minimum absolute atomic E-state index is 0. The van der Waals surface area contributed by atoms with E-state index in [2.05, 4.69) is 151 Å². The SMILES string of the molecule is CC(C)CC1(CN)CCN(c2ccc(C(F)(F)F)c(-c3[nH]nc4ncccc34)n2)CC1.CC(C)CC1(CN)CCN(c2ccc(F)c(-c3[nH]nc4ncccc34)n2)CC1.CC(C)CC1CN(c2ccc(C(C)(F)F)c(-c3[nH]nc4ncccc34)n2)CCC1CCN.CC(C)CC1CN(c2cncc(-c3[nH]nc4ncccc34)n2)CCC1N.[HH].[HH].[HH].[HH].[HH].[HH].[HH].[HH].[HH].[HH].[HH].[HH]. The first-order chi connectivity index (χ1) is 56.1. The fourth-order valence-corrected chi connectivity index (χ4v) is 17.8. The number of fused-ring (bicyclic) bond motifs is 4. The van der Waals surface area contributed by atoms with Crippen molar-refractivity contribution in [3.05, 3.63) is 139 Å². The zero-order valence-corrected chi connectivity index (χ0v) is 68.4. The van der Waals surface area contributed by atoms with Crippen LogP contribution in [0.15, 0.2) is 122 Å². The third-order valence-electron chi connectivity index (χ3n) is 23.5. The van der Waals surface area contributed by atoms with Crippen LogP contribution in [0.25, 0.3) is 89.7 Å². The van der Waals surface area contributed by atoms with Gasteiger partial charge in [0.15, 0.2) is 28.4 Å². The van der Waals surface area contributed by atoms with Crippen molar-refractivity contribution in [2.75, 3.05) is 91.6 Å². The molecular formula is C86H135F6N25. The molecule has 117 heavy (non-hydrogen) atoms. The van der Waals surface area contributed by atoms with Gasteiger partial charge >= 0.3 is 6.18 Å². The Morgan fingerprint density at radius 3 is 1.33 bits per heavy atom. The van der Waals surface area contributed by atoms with Gasteiger partial charge in [0, 0.05) is 134 Å². The lowest BCUT2D eigenvalue weighted by molar-refractivity contribution is -0.137. The second kappa shape index (κ2) is 36.6. The molecule has 4 unspecified atom stereocenters. The second-order valence-electron chi connectivity index (χ2n) is 34.0. The van der Waals surface area contributed by atoms with Crippen LogP contribution in [0.5, 0.6) is 0 Å². The molecule has 4 atom stereocenters. The highest BCUT2D eigenvalue weighted by Gasteiger charge is 2.41. The predicted octanol–water partition coefficient (Wildman–Crippen LogP) is 18.9. The van der Waals surface area contributed by atoms with E-state index >= 15 is 0 Å². The Labute approximate surface area is 696 Å². The fourth-order valence-electron chi connectivity index (χ4n) is 17.8. The lowest BCUT2D eigenvalue weighted by atomic mass is 9.73. The summed E-state index contributed by atoms with van der Waals surface area (Å²) in [6.45, 7) is 27.6. The van der Waals surface area contributed by atoms with Crippen LogP contribution in [-0.4, -0.2) is 164 Å². The molecule has 4 saturated heterocycles. The third-order valence-corrected chi connectivity index (χ3v) is 23.5. The molecular weight excluding hydrogens is 1500 g/mol. The molecule has 12 N–H and O–H groups in total. The van der Waals surface area contributed by atoms with Crippen LogP contribution in [0.3, 0.4) is 0 Å². The average molecular weight is 1630 g/mol. The highest BCUT2D eigenvalue weighted by Crippen LogP contribution is 2.45. The molecule has 31 heteroatoms. The van der Waals surface area contributed by atoms with Crippen molar-refractivity contribution in [3.8, 4) is 45.6 Å². The minimum atomic E-state index is -4.53. The van der Waals surface area contributed by atoms with E-state index in [0.29, 0.717) is 125 Å². The molecule has 646 valence electrons. The largest absolute Gasteiger partial charge is 0.418 e. The topological polar surface area (TPSA) is 348 Å². The number of aromatic nitrogens is 17. The summed E-state index contributed by atoms with van der Waals surface area (Å²) in [5.74, 6) is 3.56. The van der Waals surface area contributed by atoms with Gasteiger partial charge in [-0.05, 0) is 227 Å². The number of hydrogen-bond acceptors (Lipinski definition) is 21. The predicted molar refractivity (Wildman–Crippen MR) is 476 cm³/mol. The zero-order chi connectivity index (χ0) is 82.9. The summed E-state index contributed by atoms with van der Waals surface area (Å²) in [5, 5.41) is 31.1. The van der Waals surface area contributed by atoms with Gasteiger partial charge in [-0.1, -0.05) is 55.4 Å².